The molecular weight excluding hydrogens is 426 g/mol. The minimum absolute atomic E-state index is 0.116. The summed E-state index contributed by atoms with van der Waals surface area (Å²) in [6, 6.07) is 21.1. The highest BCUT2D eigenvalue weighted by atomic mass is 32.2. The third-order valence-electron chi connectivity index (χ3n) is 5.05. The number of amides is 1. The maximum absolute atomic E-state index is 12.9. The van der Waals surface area contributed by atoms with Crippen molar-refractivity contribution in [3.63, 3.8) is 0 Å². The summed E-state index contributed by atoms with van der Waals surface area (Å²) in [6.45, 7) is 0. The van der Waals surface area contributed by atoms with Crippen molar-refractivity contribution < 1.29 is 18.0 Å². The highest BCUT2D eigenvalue weighted by Gasteiger charge is 2.22. The second-order valence-corrected chi connectivity index (χ2v) is 9.17. The largest absolute Gasteiger partial charge is 0.360 e. The zero-order valence-electron chi connectivity index (χ0n) is 17.5. The molecule has 0 atom stereocenters. The number of likely N-dealkylation sites (N-methyl/N-ethyl adjacent to an activating group) is 1. The third-order valence-corrected chi connectivity index (χ3v) is 6.45. The van der Waals surface area contributed by atoms with Crippen LogP contribution in [0.25, 0.3) is 22.0 Å². The van der Waals surface area contributed by atoms with Gasteiger partial charge in [0.1, 0.15) is 0 Å². The van der Waals surface area contributed by atoms with Crippen LogP contribution in [0.5, 0.6) is 0 Å². The number of benzene rings is 3. The van der Waals surface area contributed by atoms with Crippen molar-refractivity contribution in [3.8, 4) is 11.1 Å². The van der Waals surface area contributed by atoms with Gasteiger partial charge in [-0.15, -0.1) is 0 Å². The number of anilines is 1. The number of fused-ring (bicyclic) bond motifs is 1. The lowest BCUT2D eigenvalue weighted by atomic mass is 10.1. The Hall–Kier alpha value is -3.91. The number of hydrogen-bond acceptors (Lipinski definition) is 4. The lowest BCUT2D eigenvalue weighted by molar-refractivity contribution is -0.124. The van der Waals surface area contributed by atoms with E-state index in [0.29, 0.717) is 10.9 Å². The van der Waals surface area contributed by atoms with Crippen LogP contribution in [-0.2, 0) is 14.8 Å². The van der Waals surface area contributed by atoms with Crippen molar-refractivity contribution in [3.05, 3.63) is 84.6 Å². The standard InChI is InChI=1S/C24H21N3O4S/c1-27(2)24(29)23(28)21-15-25-22-13-10-18(14-20(21)22)26-32(30,31)19-11-8-17(9-12-19)16-6-4-3-5-7-16/h3-15,25-26H,1-2H3. The number of nitrogens with zero attached hydrogens (tertiary/aromatic N) is 1. The Bertz CT molecular complexity index is 1410. The van der Waals surface area contributed by atoms with Crippen LogP contribution < -0.4 is 4.72 Å². The zero-order chi connectivity index (χ0) is 22.9. The SMILES string of the molecule is CN(C)C(=O)C(=O)c1c[nH]c2ccc(NS(=O)(=O)c3ccc(-c4ccccc4)cc3)cc12. The summed E-state index contributed by atoms with van der Waals surface area (Å²) < 4.78 is 28.3. The number of carbonyl (C=O) groups excluding carboxylic acids is 2. The van der Waals surface area contributed by atoms with Crippen molar-refractivity contribution in [2.75, 3.05) is 18.8 Å². The number of rotatable bonds is 6. The normalized spacial score (nSPS) is 11.3. The van der Waals surface area contributed by atoms with Crippen molar-refractivity contribution in [1.29, 1.82) is 0 Å². The van der Waals surface area contributed by atoms with E-state index in [1.165, 1.54) is 31.3 Å². The van der Waals surface area contributed by atoms with E-state index < -0.39 is 21.7 Å². The van der Waals surface area contributed by atoms with Gasteiger partial charge in [-0.2, -0.15) is 0 Å². The van der Waals surface area contributed by atoms with Crippen LogP contribution in [0.2, 0.25) is 0 Å². The van der Waals surface area contributed by atoms with E-state index in [-0.39, 0.29) is 16.1 Å². The van der Waals surface area contributed by atoms with Crippen LogP contribution in [0.4, 0.5) is 5.69 Å². The van der Waals surface area contributed by atoms with Gasteiger partial charge in [-0.1, -0.05) is 42.5 Å². The van der Waals surface area contributed by atoms with Gasteiger partial charge in [-0.25, -0.2) is 8.42 Å². The molecule has 1 heterocycles. The predicted octanol–water partition coefficient (Wildman–Crippen LogP) is 3.91. The maximum atomic E-state index is 12.9. The number of Topliss-reactive ketones (excluding diaryl/α,β-unsaturated/α-hetero) is 1. The van der Waals surface area contributed by atoms with Gasteiger partial charge in [-0.05, 0) is 41.5 Å². The fourth-order valence-electron chi connectivity index (χ4n) is 3.36. The second kappa shape index (κ2) is 8.32. The molecule has 2 N–H and O–H groups in total. The molecule has 0 saturated carbocycles. The summed E-state index contributed by atoms with van der Waals surface area (Å²) in [4.78, 5) is 28.8. The van der Waals surface area contributed by atoms with Crippen molar-refractivity contribution in [2.45, 2.75) is 4.90 Å². The van der Waals surface area contributed by atoms with Crippen LogP contribution in [-0.4, -0.2) is 44.1 Å². The van der Waals surface area contributed by atoms with Crippen molar-refractivity contribution >= 4 is 38.3 Å². The molecule has 0 unspecified atom stereocenters. The Morgan fingerprint density at radius 3 is 2.19 bits per heavy atom. The van der Waals surface area contributed by atoms with E-state index in [2.05, 4.69) is 9.71 Å². The van der Waals surface area contributed by atoms with Gasteiger partial charge in [0.25, 0.3) is 21.7 Å². The molecule has 4 rings (SSSR count). The van der Waals surface area contributed by atoms with Crippen molar-refractivity contribution in [1.82, 2.24) is 9.88 Å². The molecule has 3 aromatic carbocycles. The Morgan fingerprint density at radius 1 is 0.875 bits per heavy atom. The number of sulfonamides is 1. The first kappa shape index (κ1) is 21.3. The first-order chi connectivity index (χ1) is 15.3. The molecule has 1 aromatic heterocycles. The molecule has 0 saturated heterocycles. The van der Waals surface area contributed by atoms with Crippen molar-refractivity contribution in [2.24, 2.45) is 0 Å². The average molecular weight is 448 g/mol. The summed E-state index contributed by atoms with van der Waals surface area (Å²) >= 11 is 0. The first-order valence-electron chi connectivity index (χ1n) is 9.82. The molecular formula is C24H21N3O4S. The van der Waals surface area contributed by atoms with Gasteiger partial charge in [0.05, 0.1) is 10.5 Å². The molecule has 7 nitrogen and oxygen atoms in total. The fraction of sp³-hybridized carbons (Fsp3) is 0.0833. The highest BCUT2D eigenvalue weighted by Crippen LogP contribution is 2.26. The topological polar surface area (TPSA) is 99.3 Å². The summed E-state index contributed by atoms with van der Waals surface area (Å²) in [5.74, 6) is -1.33. The van der Waals surface area contributed by atoms with E-state index in [0.717, 1.165) is 11.1 Å². The lowest BCUT2D eigenvalue weighted by Crippen LogP contribution is -2.29. The summed E-state index contributed by atoms with van der Waals surface area (Å²) in [5, 5.41) is 0.463. The van der Waals surface area contributed by atoms with Gasteiger partial charge in [0, 0.05) is 36.9 Å². The van der Waals surface area contributed by atoms with Gasteiger partial charge >= 0.3 is 0 Å². The van der Waals surface area contributed by atoms with Crippen LogP contribution >= 0.6 is 0 Å². The Morgan fingerprint density at radius 2 is 1.53 bits per heavy atom. The summed E-state index contributed by atoms with van der Waals surface area (Å²) in [7, 11) is -0.852. The number of aromatic amines is 1. The molecule has 0 aliphatic heterocycles. The van der Waals surface area contributed by atoms with Gasteiger partial charge in [0.15, 0.2) is 0 Å². The lowest BCUT2D eigenvalue weighted by Gasteiger charge is -2.10. The number of ketones is 1. The molecule has 1 amide bonds. The minimum atomic E-state index is -3.85. The fourth-order valence-corrected chi connectivity index (χ4v) is 4.41. The Labute approximate surface area is 185 Å². The highest BCUT2D eigenvalue weighted by molar-refractivity contribution is 7.92. The third kappa shape index (κ3) is 4.13. The molecule has 32 heavy (non-hydrogen) atoms. The molecule has 8 heteroatoms. The van der Waals surface area contributed by atoms with Gasteiger partial charge in [-0.3, -0.25) is 14.3 Å². The molecule has 0 spiro atoms. The molecule has 4 aromatic rings. The van der Waals surface area contributed by atoms with Crippen LogP contribution in [0.15, 0.2) is 83.9 Å². The van der Waals surface area contributed by atoms with E-state index in [1.807, 2.05) is 30.3 Å². The van der Waals surface area contributed by atoms with Crippen LogP contribution in [0.3, 0.4) is 0 Å². The van der Waals surface area contributed by atoms with Crippen LogP contribution in [0.1, 0.15) is 10.4 Å². The quantitative estimate of drug-likeness (QED) is 0.346. The predicted molar refractivity (Wildman–Crippen MR) is 124 cm³/mol. The van der Waals surface area contributed by atoms with E-state index >= 15 is 0 Å². The molecule has 0 aliphatic carbocycles. The zero-order valence-corrected chi connectivity index (χ0v) is 18.3. The monoisotopic (exact) mass is 447 g/mol. The maximum Gasteiger partial charge on any atom is 0.294 e. The summed E-state index contributed by atoms with van der Waals surface area (Å²) in [6.07, 6.45) is 1.45. The molecule has 0 fully saturated rings. The molecule has 0 bridgehead atoms. The number of nitrogens with one attached hydrogen (secondary N) is 2. The van der Waals surface area contributed by atoms with Crippen LogP contribution in [0, 0.1) is 0 Å². The molecule has 0 aliphatic rings. The summed E-state index contributed by atoms with van der Waals surface area (Å²) in [5.41, 5.74) is 3.00. The van der Waals surface area contributed by atoms with E-state index in [4.69, 9.17) is 0 Å². The second-order valence-electron chi connectivity index (χ2n) is 7.49. The number of aromatic nitrogens is 1. The first-order valence-corrected chi connectivity index (χ1v) is 11.3. The average Bonchev–Trinajstić information content (AvgIpc) is 3.21. The van der Waals surface area contributed by atoms with Gasteiger partial charge in [0.2, 0.25) is 0 Å². The Kier molecular flexibility index (Phi) is 5.54. The molecule has 162 valence electrons. The van der Waals surface area contributed by atoms with Gasteiger partial charge < -0.3 is 9.88 Å². The number of H-pyrrole nitrogens is 1. The Balaban J connectivity index is 1.62. The smallest absolute Gasteiger partial charge is 0.294 e. The minimum Gasteiger partial charge on any atom is -0.360 e. The van der Waals surface area contributed by atoms with E-state index in [9.17, 15) is 18.0 Å². The van der Waals surface area contributed by atoms with E-state index in [1.54, 1.807) is 36.4 Å². The number of hydrogen-bond donors (Lipinski definition) is 2. The molecule has 0 radical (unpaired) electrons. The number of carbonyl (C=O) groups is 2.